The van der Waals surface area contributed by atoms with Gasteiger partial charge in [-0.15, -0.1) is 0 Å². The molecule has 1 rings (SSSR count). The van der Waals surface area contributed by atoms with Crippen molar-refractivity contribution < 1.29 is 4.74 Å². The Bertz CT molecular complexity index is 404. The van der Waals surface area contributed by atoms with Crippen LogP contribution >= 0.6 is 0 Å². The summed E-state index contributed by atoms with van der Waals surface area (Å²) in [6.07, 6.45) is 1.02. The van der Waals surface area contributed by atoms with Gasteiger partial charge in [0.2, 0.25) is 0 Å². The van der Waals surface area contributed by atoms with Crippen LogP contribution in [0.4, 0.5) is 0 Å². The third-order valence-corrected chi connectivity index (χ3v) is 3.53. The van der Waals surface area contributed by atoms with E-state index in [0.717, 1.165) is 18.7 Å². The van der Waals surface area contributed by atoms with E-state index >= 15 is 0 Å². The second-order valence-corrected chi connectivity index (χ2v) is 6.14. The zero-order chi connectivity index (χ0) is 13.9. The van der Waals surface area contributed by atoms with Crippen molar-refractivity contribution in [1.29, 1.82) is 0 Å². The maximum absolute atomic E-state index is 5.67. The first-order chi connectivity index (χ1) is 8.31. The summed E-state index contributed by atoms with van der Waals surface area (Å²) in [6.45, 7) is 11.8. The van der Waals surface area contributed by atoms with Gasteiger partial charge in [0.25, 0.3) is 0 Å². The predicted molar refractivity (Wildman–Crippen MR) is 78.5 cm³/mol. The van der Waals surface area contributed by atoms with Crippen LogP contribution in [0, 0.1) is 6.92 Å². The summed E-state index contributed by atoms with van der Waals surface area (Å²) in [5.74, 6) is 1.49. The van der Waals surface area contributed by atoms with Gasteiger partial charge in [0, 0.05) is 0 Å². The molecular formula is C16H27NO. The molecule has 2 heteroatoms. The topological polar surface area (TPSA) is 35.2 Å². The number of benzene rings is 1. The van der Waals surface area contributed by atoms with Crippen LogP contribution in [0.5, 0.6) is 5.75 Å². The molecule has 0 aliphatic rings. The van der Waals surface area contributed by atoms with Crippen molar-refractivity contribution in [1.82, 2.24) is 0 Å². The third-order valence-electron chi connectivity index (χ3n) is 3.53. The quantitative estimate of drug-likeness (QED) is 0.882. The molecule has 2 N–H and O–H groups in total. The highest BCUT2D eigenvalue weighted by Crippen LogP contribution is 2.36. The lowest BCUT2D eigenvalue weighted by Crippen LogP contribution is -2.15. The molecule has 1 aromatic carbocycles. The molecule has 0 aliphatic heterocycles. The van der Waals surface area contributed by atoms with Gasteiger partial charge < -0.3 is 10.5 Å². The van der Waals surface area contributed by atoms with Crippen molar-refractivity contribution in [3.8, 4) is 5.75 Å². The largest absolute Gasteiger partial charge is 0.496 e. The van der Waals surface area contributed by atoms with Crippen LogP contribution in [0.15, 0.2) is 12.1 Å². The molecule has 18 heavy (non-hydrogen) atoms. The molecule has 0 amide bonds. The Kier molecular flexibility index (Phi) is 4.80. The Labute approximate surface area is 112 Å². The highest BCUT2D eigenvalue weighted by atomic mass is 16.5. The number of hydrogen-bond acceptors (Lipinski definition) is 2. The van der Waals surface area contributed by atoms with Gasteiger partial charge in [-0.1, -0.05) is 33.8 Å². The number of nitrogens with two attached hydrogens (primary N) is 1. The van der Waals surface area contributed by atoms with E-state index < -0.39 is 0 Å². The van der Waals surface area contributed by atoms with E-state index in [-0.39, 0.29) is 5.41 Å². The maximum atomic E-state index is 5.67. The molecular weight excluding hydrogens is 222 g/mol. The van der Waals surface area contributed by atoms with Gasteiger partial charge in [-0.3, -0.25) is 0 Å². The summed E-state index contributed by atoms with van der Waals surface area (Å²) in [7, 11) is 1.74. The predicted octanol–water partition coefficient (Wildman–Crippen LogP) is 3.75. The van der Waals surface area contributed by atoms with Crippen molar-refractivity contribution in [3.05, 3.63) is 28.8 Å². The van der Waals surface area contributed by atoms with Crippen LogP contribution in [0.2, 0.25) is 0 Å². The van der Waals surface area contributed by atoms with Crippen LogP contribution in [0.3, 0.4) is 0 Å². The molecule has 1 unspecified atom stereocenters. The van der Waals surface area contributed by atoms with Crippen molar-refractivity contribution in [2.45, 2.75) is 52.4 Å². The molecule has 2 nitrogen and oxygen atoms in total. The van der Waals surface area contributed by atoms with Gasteiger partial charge in [0.1, 0.15) is 5.75 Å². The highest BCUT2D eigenvalue weighted by molar-refractivity contribution is 5.46. The molecule has 1 aromatic rings. The SMILES string of the molecule is COc1cc(C)c(C(C)CCN)cc1C(C)(C)C. The summed E-state index contributed by atoms with van der Waals surface area (Å²) in [6, 6.07) is 4.46. The molecule has 0 aliphatic carbocycles. The third kappa shape index (κ3) is 3.26. The highest BCUT2D eigenvalue weighted by Gasteiger charge is 2.21. The van der Waals surface area contributed by atoms with E-state index in [1.54, 1.807) is 7.11 Å². The van der Waals surface area contributed by atoms with Crippen molar-refractivity contribution in [3.63, 3.8) is 0 Å². The average Bonchev–Trinajstić information content (AvgIpc) is 2.27. The summed E-state index contributed by atoms with van der Waals surface area (Å²) < 4.78 is 5.52. The minimum Gasteiger partial charge on any atom is -0.496 e. The number of methoxy groups -OCH3 is 1. The van der Waals surface area contributed by atoms with Gasteiger partial charge in [-0.2, -0.15) is 0 Å². The lowest BCUT2D eigenvalue weighted by Gasteiger charge is -2.25. The smallest absolute Gasteiger partial charge is 0.122 e. The second kappa shape index (κ2) is 5.75. The van der Waals surface area contributed by atoms with E-state index in [4.69, 9.17) is 10.5 Å². The molecule has 0 aromatic heterocycles. The monoisotopic (exact) mass is 249 g/mol. The fourth-order valence-electron chi connectivity index (χ4n) is 2.39. The Hall–Kier alpha value is -1.02. The average molecular weight is 249 g/mol. The van der Waals surface area contributed by atoms with E-state index in [9.17, 15) is 0 Å². The summed E-state index contributed by atoms with van der Waals surface area (Å²) in [5.41, 5.74) is 9.73. The molecule has 0 fully saturated rings. The normalized spacial score (nSPS) is 13.5. The minimum atomic E-state index is 0.0935. The minimum absolute atomic E-state index is 0.0935. The first-order valence-electron chi connectivity index (χ1n) is 6.70. The van der Waals surface area contributed by atoms with Crippen LogP contribution in [-0.4, -0.2) is 13.7 Å². The van der Waals surface area contributed by atoms with Crippen LogP contribution in [0.25, 0.3) is 0 Å². The molecule has 0 spiro atoms. The standard InChI is InChI=1S/C16H27NO/c1-11(7-8-17)13-10-14(16(3,4)5)15(18-6)9-12(13)2/h9-11H,7-8,17H2,1-6H3. The molecule has 0 heterocycles. The lowest BCUT2D eigenvalue weighted by atomic mass is 9.82. The van der Waals surface area contributed by atoms with Crippen molar-refractivity contribution in [2.24, 2.45) is 5.73 Å². The zero-order valence-electron chi connectivity index (χ0n) is 12.6. The summed E-state index contributed by atoms with van der Waals surface area (Å²) >= 11 is 0. The molecule has 0 radical (unpaired) electrons. The van der Waals surface area contributed by atoms with Crippen LogP contribution in [-0.2, 0) is 5.41 Å². The van der Waals surface area contributed by atoms with Gasteiger partial charge in [0.15, 0.2) is 0 Å². The van der Waals surface area contributed by atoms with E-state index in [2.05, 4.69) is 46.8 Å². The van der Waals surface area contributed by atoms with Gasteiger partial charge in [-0.25, -0.2) is 0 Å². The fraction of sp³-hybridized carbons (Fsp3) is 0.625. The van der Waals surface area contributed by atoms with Crippen molar-refractivity contribution >= 4 is 0 Å². The Morgan fingerprint density at radius 3 is 2.33 bits per heavy atom. The second-order valence-electron chi connectivity index (χ2n) is 6.14. The Morgan fingerprint density at radius 2 is 1.89 bits per heavy atom. The van der Waals surface area contributed by atoms with E-state index in [1.807, 2.05) is 0 Å². The zero-order valence-corrected chi connectivity index (χ0v) is 12.6. The molecule has 0 bridgehead atoms. The first kappa shape index (κ1) is 15.0. The first-order valence-corrected chi connectivity index (χ1v) is 6.70. The number of rotatable bonds is 4. The Balaban J connectivity index is 3.30. The van der Waals surface area contributed by atoms with Crippen LogP contribution < -0.4 is 10.5 Å². The van der Waals surface area contributed by atoms with E-state index in [0.29, 0.717) is 5.92 Å². The number of hydrogen-bond donors (Lipinski definition) is 1. The van der Waals surface area contributed by atoms with Gasteiger partial charge >= 0.3 is 0 Å². The summed E-state index contributed by atoms with van der Waals surface area (Å²) in [5, 5.41) is 0. The fourth-order valence-corrected chi connectivity index (χ4v) is 2.39. The molecule has 102 valence electrons. The maximum Gasteiger partial charge on any atom is 0.122 e. The van der Waals surface area contributed by atoms with Gasteiger partial charge in [-0.05, 0) is 54.0 Å². The van der Waals surface area contributed by atoms with Crippen molar-refractivity contribution in [2.75, 3.05) is 13.7 Å². The molecule has 1 atom stereocenters. The lowest BCUT2D eigenvalue weighted by molar-refractivity contribution is 0.396. The molecule has 0 saturated carbocycles. The van der Waals surface area contributed by atoms with E-state index in [1.165, 1.54) is 16.7 Å². The summed E-state index contributed by atoms with van der Waals surface area (Å²) in [4.78, 5) is 0. The Morgan fingerprint density at radius 1 is 1.28 bits per heavy atom. The van der Waals surface area contributed by atoms with Crippen LogP contribution in [0.1, 0.15) is 56.7 Å². The van der Waals surface area contributed by atoms with Gasteiger partial charge in [0.05, 0.1) is 7.11 Å². The molecule has 0 saturated heterocycles. The number of aryl methyl sites for hydroxylation is 1. The number of ether oxygens (including phenoxy) is 1.